The van der Waals surface area contributed by atoms with E-state index in [9.17, 15) is 61.0 Å². The SMILES string of the molecule is C[C@@H]1O[C@@H](Oc2cc(O)c3c(=O)c(OC4OCC(O)C(O)C4O[C@@H]4O[C@@H](C)[C@H](O)[C@@H](O)[C@H]4O)c(-c4ccc(O)c(O)c4)oc3c2)[C@H](O)[C@H](O)[C@H]1O. The summed E-state index contributed by atoms with van der Waals surface area (Å²) in [6, 6.07) is 5.43. The summed E-state index contributed by atoms with van der Waals surface area (Å²) >= 11 is 0. The fourth-order valence-corrected chi connectivity index (χ4v) is 5.94. The highest BCUT2D eigenvalue weighted by molar-refractivity contribution is 5.88. The largest absolute Gasteiger partial charge is 0.507 e. The van der Waals surface area contributed by atoms with Crippen LogP contribution in [0.2, 0.25) is 0 Å². The molecule has 0 spiro atoms. The Morgan fingerprint density at radius 2 is 1.29 bits per heavy atom. The number of benzene rings is 2. The lowest BCUT2D eigenvalue weighted by Gasteiger charge is -2.43. The molecule has 19 nitrogen and oxygen atoms in total. The molecule has 0 amide bonds. The maximum absolute atomic E-state index is 14.1. The Morgan fingerprint density at radius 1 is 0.667 bits per heavy atom. The molecule has 6 rings (SSSR count). The molecule has 2 aromatic carbocycles. The number of aliphatic hydroxyl groups is 8. The standard InChI is InChI=1S/C32H38O19/c1-9-19(37)23(41)25(43)30(46-9)48-12-6-15(35)18-17(7-12)49-27(11-3-4-13(33)14(34)5-11)28(22(18)40)50-32-29(21(39)16(36)8-45-32)51-31-26(44)24(42)20(38)10(2)47-31/h3-7,9-10,16,19-21,23-26,29-39,41-44H,8H2,1-2H3/t9-,10-,16?,19-,20-,21?,23+,24+,25+,26+,29?,30-,31-,32?/m0/s1. The maximum Gasteiger partial charge on any atom is 0.239 e. The summed E-state index contributed by atoms with van der Waals surface area (Å²) in [6.07, 6.45) is -21.9. The van der Waals surface area contributed by atoms with Crippen LogP contribution in [0, 0.1) is 0 Å². The number of aliphatic hydroxyl groups excluding tert-OH is 8. The summed E-state index contributed by atoms with van der Waals surface area (Å²) in [5, 5.41) is 113. The fraction of sp³-hybridized carbons (Fsp3) is 0.531. The minimum absolute atomic E-state index is 0.0621. The Morgan fingerprint density at radius 3 is 1.94 bits per heavy atom. The van der Waals surface area contributed by atoms with Crippen LogP contribution >= 0.6 is 0 Å². The van der Waals surface area contributed by atoms with Crippen LogP contribution in [-0.4, -0.2) is 149 Å². The van der Waals surface area contributed by atoms with Crippen LogP contribution in [0.5, 0.6) is 28.7 Å². The second-order valence-electron chi connectivity index (χ2n) is 12.6. The van der Waals surface area contributed by atoms with E-state index in [1.807, 2.05) is 0 Å². The van der Waals surface area contributed by atoms with Gasteiger partial charge in [-0.25, -0.2) is 0 Å². The van der Waals surface area contributed by atoms with E-state index in [4.69, 9.17) is 32.8 Å². The van der Waals surface area contributed by atoms with E-state index in [0.29, 0.717) is 0 Å². The van der Waals surface area contributed by atoms with Gasteiger partial charge in [-0.1, -0.05) is 0 Å². The molecule has 4 unspecified atom stereocenters. The lowest BCUT2D eigenvalue weighted by atomic mass is 9.99. The van der Waals surface area contributed by atoms with E-state index < -0.39 is 132 Å². The van der Waals surface area contributed by atoms with Crippen LogP contribution in [0.15, 0.2) is 39.5 Å². The molecule has 11 N–H and O–H groups in total. The molecule has 3 saturated heterocycles. The molecular weight excluding hydrogens is 688 g/mol. The molecule has 1 aromatic heterocycles. The van der Waals surface area contributed by atoms with Gasteiger partial charge >= 0.3 is 0 Å². The van der Waals surface area contributed by atoms with E-state index in [2.05, 4.69) is 0 Å². The number of rotatable bonds is 7. The lowest BCUT2D eigenvalue weighted by Crippen LogP contribution is -2.62. The van der Waals surface area contributed by atoms with Crippen molar-refractivity contribution in [2.75, 3.05) is 6.61 Å². The Kier molecular flexibility index (Phi) is 10.4. The minimum Gasteiger partial charge on any atom is -0.507 e. The molecule has 280 valence electrons. The van der Waals surface area contributed by atoms with Gasteiger partial charge in [0, 0.05) is 17.7 Å². The molecule has 3 fully saturated rings. The van der Waals surface area contributed by atoms with Gasteiger partial charge in [0.1, 0.15) is 71.3 Å². The van der Waals surface area contributed by atoms with Crippen LogP contribution in [0.1, 0.15) is 13.8 Å². The van der Waals surface area contributed by atoms with Crippen LogP contribution in [0.3, 0.4) is 0 Å². The fourth-order valence-electron chi connectivity index (χ4n) is 5.94. The number of phenolic OH excluding ortho intramolecular Hbond substituents is 3. The van der Waals surface area contributed by atoms with Gasteiger partial charge in [0.15, 0.2) is 29.7 Å². The zero-order valence-electron chi connectivity index (χ0n) is 26.9. The molecule has 3 aliphatic rings. The summed E-state index contributed by atoms with van der Waals surface area (Å²) in [4.78, 5) is 14.1. The molecule has 51 heavy (non-hydrogen) atoms. The smallest absolute Gasteiger partial charge is 0.239 e. The van der Waals surface area contributed by atoms with E-state index in [1.165, 1.54) is 19.9 Å². The molecule has 4 heterocycles. The van der Waals surface area contributed by atoms with Crippen molar-refractivity contribution < 1.29 is 89.0 Å². The number of phenols is 3. The number of fused-ring (bicyclic) bond motifs is 1. The third-order valence-corrected chi connectivity index (χ3v) is 8.97. The topological polar surface area (TPSA) is 308 Å². The first kappa shape index (κ1) is 36.9. The third-order valence-electron chi connectivity index (χ3n) is 8.97. The first-order valence-corrected chi connectivity index (χ1v) is 15.8. The van der Waals surface area contributed by atoms with Crippen molar-refractivity contribution in [2.45, 2.75) is 99.9 Å². The molecule has 19 heteroatoms. The van der Waals surface area contributed by atoms with Crippen molar-refractivity contribution in [2.24, 2.45) is 0 Å². The number of aromatic hydroxyl groups is 3. The Labute approximate surface area is 287 Å². The van der Waals surface area contributed by atoms with Crippen LogP contribution in [-0.2, 0) is 18.9 Å². The first-order chi connectivity index (χ1) is 24.1. The zero-order valence-corrected chi connectivity index (χ0v) is 26.9. The van der Waals surface area contributed by atoms with E-state index in [0.717, 1.165) is 24.3 Å². The van der Waals surface area contributed by atoms with Crippen LogP contribution in [0.4, 0.5) is 0 Å². The average molecular weight is 727 g/mol. The molecule has 14 atom stereocenters. The summed E-state index contributed by atoms with van der Waals surface area (Å²) < 4.78 is 39.7. The van der Waals surface area contributed by atoms with E-state index >= 15 is 0 Å². The number of hydrogen-bond acceptors (Lipinski definition) is 19. The average Bonchev–Trinajstić information content (AvgIpc) is 3.09. The van der Waals surface area contributed by atoms with Gasteiger partial charge in [-0.2, -0.15) is 0 Å². The highest BCUT2D eigenvalue weighted by atomic mass is 16.8. The summed E-state index contributed by atoms with van der Waals surface area (Å²) in [6.45, 7) is 2.27. The van der Waals surface area contributed by atoms with Crippen LogP contribution < -0.4 is 14.9 Å². The molecule has 3 aliphatic heterocycles. The van der Waals surface area contributed by atoms with Crippen molar-refractivity contribution in [3.05, 3.63) is 40.6 Å². The van der Waals surface area contributed by atoms with Crippen LogP contribution in [0.25, 0.3) is 22.3 Å². The Bertz CT molecular complexity index is 1780. The van der Waals surface area contributed by atoms with Crippen molar-refractivity contribution in [1.82, 2.24) is 0 Å². The molecule has 0 aliphatic carbocycles. The van der Waals surface area contributed by atoms with Gasteiger partial charge in [0.25, 0.3) is 0 Å². The van der Waals surface area contributed by atoms with Gasteiger partial charge < -0.3 is 89.0 Å². The van der Waals surface area contributed by atoms with Gasteiger partial charge in [0.05, 0.1) is 18.8 Å². The van der Waals surface area contributed by atoms with Gasteiger partial charge in [-0.3, -0.25) is 4.79 Å². The third kappa shape index (κ3) is 6.91. The molecule has 0 radical (unpaired) electrons. The monoisotopic (exact) mass is 726 g/mol. The summed E-state index contributed by atoms with van der Waals surface area (Å²) in [7, 11) is 0. The predicted octanol–water partition coefficient (Wildman–Crippen LogP) is -2.55. The van der Waals surface area contributed by atoms with Crippen molar-refractivity contribution >= 4 is 11.0 Å². The quantitative estimate of drug-likeness (QED) is 0.112. The van der Waals surface area contributed by atoms with E-state index in [-0.39, 0.29) is 16.9 Å². The first-order valence-electron chi connectivity index (χ1n) is 15.8. The van der Waals surface area contributed by atoms with Crippen molar-refractivity contribution in [1.29, 1.82) is 0 Å². The Balaban J connectivity index is 1.40. The summed E-state index contributed by atoms with van der Waals surface area (Å²) in [5.74, 6) is -3.22. The Hall–Kier alpha value is -3.83. The highest BCUT2D eigenvalue weighted by Gasteiger charge is 2.49. The molecule has 0 saturated carbocycles. The van der Waals surface area contributed by atoms with Crippen molar-refractivity contribution in [3.8, 4) is 40.1 Å². The predicted molar refractivity (Wildman–Crippen MR) is 166 cm³/mol. The van der Waals surface area contributed by atoms with Gasteiger partial charge in [0.2, 0.25) is 23.8 Å². The minimum atomic E-state index is -1.84. The second-order valence-corrected chi connectivity index (χ2v) is 12.6. The molecule has 3 aromatic rings. The normalized spacial score (nSPS) is 37.3. The van der Waals surface area contributed by atoms with Crippen molar-refractivity contribution in [3.63, 3.8) is 0 Å². The summed E-state index contributed by atoms with van der Waals surface area (Å²) in [5.41, 5.74) is -1.45. The maximum atomic E-state index is 14.1. The second kappa shape index (κ2) is 14.3. The molecular formula is C32H38O19. The van der Waals surface area contributed by atoms with E-state index in [1.54, 1.807) is 0 Å². The number of hydrogen-bond donors (Lipinski definition) is 11. The number of ether oxygens (including phenoxy) is 6. The van der Waals surface area contributed by atoms with Gasteiger partial charge in [-0.15, -0.1) is 0 Å². The lowest BCUT2D eigenvalue weighted by molar-refractivity contribution is -0.344. The highest BCUT2D eigenvalue weighted by Crippen LogP contribution is 2.40. The van der Waals surface area contributed by atoms with Gasteiger partial charge in [-0.05, 0) is 32.0 Å². The molecule has 0 bridgehead atoms. The zero-order chi connectivity index (χ0) is 37.0.